The molecule has 0 atom stereocenters. The first-order valence-electron chi connectivity index (χ1n) is 8.31. The van der Waals surface area contributed by atoms with Crippen molar-refractivity contribution in [1.82, 2.24) is 14.2 Å². The molecule has 6 nitrogen and oxygen atoms in total. The van der Waals surface area contributed by atoms with E-state index in [0.29, 0.717) is 43.9 Å². The van der Waals surface area contributed by atoms with Crippen LogP contribution >= 0.6 is 0 Å². The fraction of sp³-hybridized carbons (Fsp3) is 0.333. The fourth-order valence-electron chi connectivity index (χ4n) is 2.97. The van der Waals surface area contributed by atoms with Crippen LogP contribution in [0.5, 0.6) is 0 Å². The smallest absolute Gasteiger partial charge is 0.253 e. The molecule has 1 aliphatic heterocycles. The highest BCUT2D eigenvalue weighted by atomic mass is 32.2. The zero-order valence-electron chi connectivity index (χ0n) is 14.4. The first kappa shape index (κ1) is 18.5. The van der Waals surface area contributed by atoms with E-state index in [-0.39, 0.29) is 5.91 Å². The Morgan fingerprint density at radius 3 is 2.62 bits per heavy atom. The van der Waals surface area contributed by atoms with Gasteiger partial charge in [0.1, 0.15) is 5.82 Å². The number of halogens is 1. The second kappa shape index (κ2) is 7.51. The molecule has 3 rings (SSSR count). The summed E-state index contributed by atoms with van der Waals surface area (Å²) in [4.78, 5) is 18.5. The first-order valence-corrected chi connectivity index (χ1v) is 10.2. The molecule has 1 aromatic heterocycles. The van der Waals surface area contributed by atoms with Crippen molar-refractivity contribution in [3.63, 3.8) is 0 Å². The quantitative estimate of drug-likeness (QED) is 0.820. The van der Waals surface area contributed by atoms with Gasteiger partial charge in [-0.15, -0.1) is 0 Å². The van der Waals surface area contributed by atoms with Gasteiger partial charge in [-0.25, -0.2) is 17.1 Å². The number of sulfonamides is 1. The molecule has 0 radical (unpaired) electrons. The molecular weight excluding hydrogens is 357 g/mol. The highest BCUT2D eigenvalue weighted by Gasteiger charge is 2.24. The largest absolute Gasteiger partial charge is 0.337 e. The molecule has 1 aromatic carbocycles. The van der Waals surface area contributed by atoms with E-state index >= 15 is 0 Å². The molecule has 0 bridgehead atoms. The normalized spacial score (nSPS) is 16.3. The van der Waals surface area contributed by atoms with Gasteiger partial charge in [0.2, 0.25) is 10.0 Å². The Kier molecular flexibility index (Phi) is 5.33. The number of hydrogen-bond donors (Lipinski definition) is 0. The van der Waals surface area contributed by atoms with Crippen LogP contribution in [0.15, 0.2) is 42.6 Å². The van der Waals surface area contributed by atoms with E-state index in [9.17, 15) is 17.6 Å². The van der Waals surface area contributed by atoms with E-state index < -0.39 is 15.8 Å². The second-order valence-electron chi connectivity index (χ2n) is 6.25. The summed E-state index contributed by atoms with van der Waals surface area (Å²) in [6.07, 6.45) is 2.92. The van der Waals surface area contributed by atoms with Gasteiger partial charge in [-0.2, -0.15) is 0 Å². The van der Waals surface area contributed by atoms with E-state index in [1.54, 1.807) is 29.2 Å². The molecule has 138 valence electrons. The molecule has 0 saturated carbocycles. The molecule has 0 N–H and O–H groups in total. The van der Waals surface area contributed by atoms with Crippen LogP contribution in [-0.4, -0.2) is 60.9 Å². The average molecular weight is 377 g/mol. The molecule has 0 aliphatic carbocycles. The highest BCUT2D eigenvalue weighted by molar-refractivity contribution is 7.88. The predicted molar refractivity (Wildman–Crippen MR) is 96.6 cm³/mol. The maximum atomic E-state index is 13.0. The van der Waals surface area contributed by atoms with Crippen LogP contribution in [0.3, 0.4) is 0 Å². The molecule has 26 heavy (non-hydrogen) atoms. The molecule has 0 spiro atoms. The van der Waals surface area contributed by atoms with Crippen molar-refractivity contribution in [2.24, 2.45) is 0 Å². The van der Waals surface area contributed by atoms with E-state index in [4.69, 9.17) is 0 Å². The summed E-state index contributed by atoms with van der Waals surface area (Å²) in [5.41, 5.74) is 1.81. The molecule has 2 aromatic rings. The minimum atomic E-state index is -3.25. The monoisotopic (exact) mass is 377 g/mol. The van der Waals surface area contributed by atoms with Crippen molar-refractivity contribution < 1.29 is 17.6 Å². The number of nitrogens with zero attached hydrogens (tertiary/aromatic N) is 3. The molecule has 1 aliphatic rings. The third-order valence-corrected chi connectivity index (χ3v) is 5.65. The van der Waals surface area contributed by atoms with Crippen LogP contribution < -0.4 is 0 Å². The number of amides is 1. The average Bonchev–Trinajstić information content (AvgIpc) is 2.88. The van der Waals surface area contributed by atoms with Gasteiger partial charge in [-0.05, 0) is 30.7 Å². The number of pyridine rings is 1. The van der Waals surface area contributed by atoms with E-state index in [1.165, 1.54) is 16.6 Å². The Morgan fingerprint density at radius 2 is 1.92 bits per heavy atom. The summed E-state index contributed by atoms with van der Waals surface area (Å²) < 4.78 is 37.8. The molecule has 2 heterocycles. The van der Waals surface area contributed by atoms with Gasteiger partial charge < -0.3 is 4.90 Å². The summed E-state index contributed by atoms with van der Waals surface area (Å²) in [5.74, 6) is -0.565. The van der Waals surface area contributed by atoms with Crippen molar-refractivity contribution in [2.45, 2.75) is 6.42 Å². The Labute approximate surface area is 152 Å². The summed E-state index contributed by atoms with van der Waals surface area (Å²) in [6, 6.07) is 9.90. The van der Waals surface area contributed by atoms with Gasteiger partial charge in [0.15, 0.2) is 0 Å². The van der Waals surface area contributed by atoms with E-state index in [1.807, 2.05) is 6.07 Å². The number of carbonyl (C=O) groups is 1. The Balaban J connectivity index is 1.78. The number of rotatable bonds is 3. The van der Waals surface area contributed by atoms with Crippen molar-refractivity contribution in [2.75, 3.05) is 32.4 Å². The van der Waals surface area contributed by atoms with Gasteiger partial charge >= 0.3 is 0 Å². The molecule has 1 saturated heterocycles. The fourth-order valence-corrected chi connectivity index (χ4v) is 3.84. The van der Waals surface area contributed by atoms with Gasteiger partial charge in [0.25, 0.3) is 5.91 Å². The van der Waals surface area contributed by atoms with Gasteiger partial charge in [0.05, 0.1) is 18.1 Å². The zero-order chi connectivity index (χ0) is 18.7. The van der Waals surface area contributed by atoms with Crippen molar-refractivity contribution in [1.29, 1.82) is 0 Å². The van der Waals surface area contributed by atoms with Crippen LogP contribution in [0.25, 0.3) is 11.3 Å². The number of carbonyl (C=O) groups excluding carboxylic acids is 1. The molecule has 0 unspecified atom stereocenters. The van der Waals surface area contributed by atoms with Crippen LogP contribution in [0.1, 0.15) is 16.8 Å². The summed E-state index contributed by atoms with van der Waals surface area (Å²) in [6.45, 7) is 1.57. The SMILES string of the molecule is CS(=O)(=O)N1CCCN(C(=O)c2cccc(-c3ccc(F)cn3)c2)CC1. The third-order valence-electron chi connectivity index (χ3n) is 4.34. The van der Waals surface area contributed by atoms with E-state index in [2.05, 4.69) is 4.98 Å². The molecular formula is C18H20FN3O3S. The lowest BCUT2D eigenvalue weighted by molar-refractivity contribution is 0.0764. The lowest BCUT2D eigenvalue weighted by Gasteiger charge is -2.21. The highest BCUT2D eigenvalue weighted by Crippen LogP contribution is 2.20. The maximum absolute atomic E-state index is 13.0. The van der Waals surface area contributed by atoms with E-state index in [0.717, 1.165) is 11.8 Å². The minimum absolute atomic E-state index is 0.149. The van der Waals surface area contributed by atoms with Crippen molar-refractivity contribution >= 4 is 15.9 Å². The Hall–Kier alpha value is -2.32. The third kappa shape index (κ3) is 4.25. The minimum Gasteiger partial charge on any atom is -0.337 e. The number of hydrogen-bond acceptors (Lipinski definition) is 4. The van der Waals surface area contributed by atoms with Gasteiger partial charge in [-0.3, -0.25) is 9.78 Å². The van der Waals surface area contributed by atoms with Crippen LogP contribution in [-0.2, 0) is 10.0 Å². The summed E-state index contributed by atoms with van der Waals surface area (Å²) in [5, 5.41) is 0. The summed E-state index contributed by atoms with van der Waals surface area (Å²) in [7, 11) is -3.25. The predicted octanol–water partition coefficient (Wildman–Crippen LogP) is 2.00. The molecule has 1 fully saturated rings. The zero-order valence-corrected chi connectivity index (χ0v) is 15.2. The van der Waals surface area contributed by atoms with Crippen LogP contribution in [0, 0.1) is 5.82 Å². The Morgan fingerprint density at radius 1 is 1.12 bits per heavy atom. The van der Waals surface area contributed by atoms with Crippen molar-refractivity contribution in [3.05, 3.63) is 54.0 Å². The van der Waals surface area contributed by atoms with Gasteiger partial charge in [-0.1, -0.05) is 12.1 Å². The standard InChI is InChI=1S/C18H20FN3O3S/c1-26(24,25)22-9-3-8-21(10-11-22)18(23)15-5-2-4-14(12-15)17-7-6-16(19)13-20-17/h2,4-7,12-13H,3,8-11H2,1H3. The van der Waals surface area contributed by atoms with Crippen LogP contribution in [0.2, 0.25) is 0 Å². The topological polar surface area (TPSA) is 70.6 Å². The van der Waals surface area contributed by atoms with Crippen molar-refractivity contribution in [3.8, 4) is 11.3 Å². The molecule has 1 amide bonds. The second-order valence-corrected chi connectivity index (χ2v) is 8.23. The number of aromatic nitrogens is 1. The van der Waals surface area contributed by atoms with Crippen LogP contribution in [0.4, 0.5) is 4.39 Å². The molecule has 8 heteroatoms. The summed E-state index contributed by atoms with van der Waals surface area (Å²) >= 11 is 0. The maximum Gasteiger partial charge on any atom is 0.253 e. The lowest BCUT2D eigenvalue weighted by atomic mass is 10.1. The first-order chi connectivity index (χ1) is 12.3. The Bertz CT molecular complexity index is 900. The number of benzene rings is 1. The lowest BCUT2D eigenvalue weighted by Crippen LogP contribution is -2.36. The van der Waals surface area contributed by atoms with Gasteiger partial charge in [0, 0.05) is 37.3 Å².